The van der Waals surface area contributed by atoms with Gasteiger partial charge in [-0.25, -0.2) is 4.79 Å². The Hall–Kier alpha value is -1.13. The largest absolute Gasteiger partial charge is 0.465 e. The fraction of sp³-hybridized carbons (Fsp3) is 0.167. The molecule has 0 bridgehead atoms. The van der Waals surface area contributed by atoms with Gasteiger partial charge in [-0.2, -0.15) is 0 Å². The third-order valence-corrected chi connectivity index (χ3v) is 3.55. The van der Waals surface area contributed by atoms with Crippen LogP contribution < -0.4 is 0 Å². The molecule has 1 heterocycles. The van der Waals surface area contributed by atoms with Gasteiger partial charge in [-0.15, -0.1) is 0 Å². The van der Waals surface area contributed by atoms with Crippen LogP contribution in [0.25, 0.3) is 10.9 Å². The standard InChI is InChI=1S/C12H9BrClNO2/c1-6-3-7-10(13)8(12(16)17-2)5-15-11(7)9(14)4-6/h3-5H,1-2H3. The van der Waals surface area contributed by atoms with Crippen LogP contribution in [0.4, 0.5) is 0 Å². The van der Waals surface area contributed by atoms with Crippen molar-refractivity contribution in [1.82, 2.24) is 4.98 Å². The number of aryl methyl sites for hydroxylation is 1. The second-order valence-corrected chi connectivity index (χ2v) is 4.82. The van der Waals surface area contributed by atoms with Crippen LogP contribution in [-0.2, 0) is 4.74 Å². The molecule has 0 saturated carbocycles. The fourth-order valence-corrected chi connectivity index (χ4v) is 2.51. The van der Waals surface area contributed by atoms with Gasteiger partial charge in [0.1, 0.15) is 0 Å². The molecule has 1 aromatic carbocycles. The summed E-state index contributed by atoms with van der Waals surface area (Å²) < 4.78 is 5.34. The SMILES string of the molecule is COC(=O)c1cnc2c(Cl)cc(C)cc2c1Br. The monoisotopic (exact) mass is 313 g/mol. The Morgan fingerprint density at radius 3 is 2.82 bits per heavy atom. The Morgan fingerprint density at radius 2 is 2.18 bits per heavy atom. The van der Waals surface area contributed by atoms with E-state index in [1.54, 1.807) is 0 Å². The molecule has 2 aromatic rings. The minimum Gasteiger partial charge on any atom is -0.465 e. The molecule has 0 atom stereocenters. The van der Waals surface area contributed by atoms with Gasteiger partial charge in [0, 0.05) is 16.1 Å². The number of aromatic nitrogens is 1. The zero-order valence-corrected chi connectivity index (χ0v) is 11.6. The van der Waals surface area contributed by atoms with Gasteiger partial charge in [0.15, 0.2) is 0 Å². The van der Waals surface area contributed by atoms with E-state index in [-0.39, 0.29) is 0 Å². The summed E-state index contributed by atoms with van der Waals surface area (Å²) in [6.07, 6.45) is 1.46. The van der Waals surface area contributed by atoms with E-state index in [4.69, 9.17) is 11.6 Å². The number of benzene rings is 1. The number of methoxy groups -OCH3 is 1. The van der Waals surface area contributed by atoms with Gasteiger partial charge in [-0.05, 0) is 40.5 Å². The van der Waals surface area contributed by atoms with E-state index < -0.39 is 5.97 Å². The molecule has 1 aromatic heterocycles. The molecule has 0 unspecified atom stereocenters. The molecule has 0 radical (unpaired) electrons. The Morgan fingerprint density at radius 1 is 1.47 bits per heavy atom. The number of pyridine rings is 1. The van der Waals surface area contributed by atoms with Gasteiger partial charge in [-0.3, -0.25) is 4.98 Å². The average Bonchev–Trinajstić information content (AvgIpc) is 2.29. The molecule has 17 heavy (non-hydrogen) atoms. The Bertz CT molecular complexity index is 613. The maximum absolute atomic E-state index is 11.5. The number of carbonyl (C=O) groups excluding carboxylic acids is 1. The smallest absolute Gasteiger partial charge is 0.340 e. The van der Waals surface area contributed by atoms with E-state index in [1.165, 1.54) is 13.3 Å². The van der Waals surface area contributed by atoms with Crippen LogP contribution in [0.1, 0.15) is 15.9 Å². The van der Waals surface area contributed by atoms with E-state index >= 15 is 0 Å². The summed E-state index contributed by atoms with van der Waals surface area (Å²) in [5, 5.41) is 1.37. The third-order valence-electron chi connectivity index (χ3n) is 2.41. The normalized spacial score (nSPS) is 10.6. The van der Waals surface area contributed by atoms with E-state index in [0.29, 0.717) is 20.6 Å². The molecule has 2 rings (SSSR count). The minimum absolute atomic E-state index is 0.390. The molecule has 0 N–H and O–H groups in total. The number of nitrogens with zero attached hydrogens (tertiary/aromatic N) is 1. The van der Waals surface area contributed by atoms with Crippen molar-refractivity contribution in [3.05, 3.63) is 39.0 Å². The summed E-state index contributed by atoms with van der Waals surface area (Å²) in [5.74, 6) is -0.427. The highest BCUT2D eigenvalue weighted by atomic mass is 79.9. The first-order valence-electron chi connectivity index (χ1n) is 4.87. The lowest BCUT2D eigenvalue weighted by Gasteiger charge is -2.07. The number of hydrogen-bond donors (Lipinski definition) is 0. The summed E-state index contributed by atoms with van der Waals surface area (Å²) in [7, 11) is 1.34. The molecule has 88 valence electrons. The molecule has 0 aliphatic rings. The topological polar surface area (TPSA) is 39.2 Å². The first-order chi connectivity index (χ1) is 8.04. The number of ether oxygens (including phenoxy) is 1. The Kier molecular flexibility index (Phi) is 3.35. The van der Waals surface area contributed by atoms with Crippen molar-refractivity contribution in [2.45, 2.75) is 6.92 Å². The number of carbonyl (C=O) groups is 1. The van der Waals surface area contributed by atoms with Crippen LogP contribution in [0.3, 0.4) is 0 Å². The van der Waals surface area contributed by atoms with Gasteiger partial charge in [-0.1, -0.05) is 11.6 Å². The van der Waals surface area contributed by atoms with Crippen molar-refractivity contribution in [3.63, 3.8) is 0 Å². The number of halogens is 2. The van der Waals surface area contributed by atoms with Crippen LogP contribution >= 0.6 is 27.5 Å². The van der Waals surface area contributed by atoms with E-state index in [2.05, 4.69) is 25.7 Å². The molecule has 5 heteroatoms. The first-order valence-corrected chi connectivity index (χ1v) is 6.04. The van der Waals surface area contributed by atoms with Gasteiger partial charge >= 0.3 is 5.97 Å². The Balaban J connectivity index is 2.79. The van der Waals surface area contributed by atoms with E-state index in [1.807, 2.05) is 19.1 Å². The van der Waals surface area contributed by atoms with Crippen LogP contribution in [-0.4, -0.2) is 18.1 Å². The van der Waals surface area contributed by atoms with Gasteiger partial charge < -0.3 is 4.74 Å². The highest BCUT2D eigenvalue weighted by Crippen LogP contribution is 2.31. The van der Waals surface area contributed by atoms with Crippen LogP contribution in [0, 0.1) is 6.92 Å². The summed E-state index contributed by atoms with van der Waals surface area (Å²) in [6.45, 7) is 1.93. The molecular weight excluding hydrogens is 305 g/mol. The van der Waals surface area contributed by atoms with Crippen LogP contribution in [0.15, 0.2) is 22.8 Å². The highest BCUT2D eigenvalue weighted by molar-refractivity contribution is 9.10. The average molecular weight is 315 g/mol. The zero-order valence-electron chi connectivity index (χ0n) is 9.25. The minimum atomic E-state index is -0.427. The van der Waals surface area contributed by atoms with E-state index in [0.717, 1.165) is 10.9 Å². The molecule has 0 aliphatic heterocycles. The predicted molar refractivity (Wildman–Crippen MR) is 70.5 cm³/mol. The number of rotatable bonds is 1. The first kappa shape index (κ1) is 12.3. The molecule has 0 amide bonds. The second kappa shape index (κ2) is 4.63. The number of esters is 1. The lowest BCUT2D eigenvalue weighted by molar-refractivity contribution is 0.0599. The predicted octanol–water partition coefficient (Wildman–Crippen LogP) is 3.75. The summed E-state index contributed by atoms with van der Waals surface area (Å²) in [6, 6.07) is 3.76. The van der Waals surface area contributed by atoms with Crippen LogP contribution in [0.2, 0.25) is 5.02 Å². The fourth-order valence-electron chi connectivity index (χ4n) is 1.62. The second-order valence-electron chi connectivity index (χ2n) is 3.62. The maximum Gasteiger partial charge on any atom is 0.340 e. The third kappa shape index (κ3) is 2.15. The summed E-state index contributed by atoms with van der Waals surface area (Å²) in [4.78, 5) is 15.7. The molecular formula is C12H9BrClNO2. The maximum atomic E-state index is 11.5. The van der Waals surface area contributed by atoms with Crippen molar-refractivity contribution >= 4 is 44.4 Å². The van der Waals surface area contributed by atoms with Gasteiger partial charge in [0.05, 0.1) is 23.2 Å². The summed E-state index contributed by atoms with van der Waals surface area (Å²) >= 11 is 9.49. The summed E-state index contributed by atoms with van der Waals surface area (Å²) in [5.41, 5.74) is 2.06. The molecule has 0 fully saturated rings. The van der Waals surface area contributed by atoms with Crippen molar-refractivity contribution in [1.29, 1.82) is 0 Å². The van der Waals surface area contributed by atoms with E-state index in [9.17, 15) is 4.79 Å². The van der Waals surface area contributed by atoms with Gasteiger partial charge in [0.25, 0.3) is 0 Å². The number of hydrogen-bond acceptors (Lipinski definition) is 3. The molecule has 3 nitrogen and oxygen atoms in total. The van der Waals surface area contributed by atoms with Crippen molar-refractivity contribution in [3.8, 4) is 0 Å². The highest BCUT2D eigenvalue weighted by Gasteiger charge is 2.15. The number of fused-ring (bicyclic) bond motifs is 1. The quantitative estimate of drug-likeness (QED) is 0.753. The Labute approximate surface area is 112 Å². The zero-order chi connectivity index (χ0) is 12.6. The lowest BCUT2D eigenvalue weighted by Crippen LogP contribution is -2.03. The van der Waals surface area contributed by atoms with Crippen molar-refractivity contribution in [2.24, 2.45) is 0 Å². The van der Waals surface area contributed by atoms with Crippen molar-refractivity contribution < 1.29 is 9.53 Å². The molecule has 0 aliphatic carbocycles. The van der Waals surface area contributed by atoms with Crippen molar-refractivity contribution in [2.75, 3.05) is 7.11 Å². The lowest BCUT2D eigenvalue weighted by atomic mass is 10.1. The molecule has 0 spiro atoms. The van der Waals surface area contributed by atoms with Crippen LogP contribution in [0.5, 0.6) is 0 Å². The molecule has 0 saturated heterocycles. The van der Waals surface area contributed by atoms with Gasteiger partial charge in [0.2, 0.25) is 0 Å².